The number of rotatable bonds is 6. The number of hydrogen-bond acceptors (Lipinski definition) is 5. The first-order valence-electron chi connectivity index (χ1n) is 6.81. The molecule has 0 fully saturated rings. The zero-order valence-electron chi connectivity index (χ0n) is 12.5. The SMILES string of the molecule is C/C(NCCCO)=C(\C#N)C(=O)NC(=O)Nc1cccc(Cl)c1. The number of urea groups is 1. The summed E-state index contributed by atoms with van der Waals surface area (Å²) in [6, 6.07) is 7.41. The number of nitrogens with one attached hydrogen (secondary N) is 3. The van der Waals surface area contributed by atoms with E-state index in [9.17, 15) is 9.59 Å². The molecule has 0 radical (unpaired) electrons. The van der Waals surface area contributed by atoms with Gasteiger partial charge in [0.2, 0.25) is 0 Å². The number of nitriles is 1. The number of benzene rings is 1. The number of carbonyl (C=O) groups is 2. The van der Waals surface area contributed by atoms with Crippen molar-refractivity contribution in [1.82, 2.24) is 10.6 Å². The van der Waals surface area contributed by atoms with Crippen molar-refractivity contribution >= 4 is 29.2 Å². The van der Waals surface area contributed by atoms with E-state index in [2.05, 4.69) is 16.0 Å². The molecule has 1 aromatic carbocycles. The third-order valence-corrected chi connectivity index (χ3v) is 2.98. The van der Waals surface area contributed by atoms with Crippen LogP contribution in [0.1, 0.15) is 13.3 Å². The van der Waals surface area contributed by atoms with Gasteiger partial charge in [-0.25, -0.2) is 4.79 Å². The summed E-state index contributed by atoms with van der Waals surface area (Å²) in [6.07, 6.45) is 0.479. The topological polar surface area (TPSA) is 114 Å². The van der Waals surface area contributed by atoms with Crippen molar-refractivity contribution in [3.8, 4) is 6.07 Å². The fourth-order valence-corrected chi connectivity index (χ4v) is 1.83. The number of nitrogens with zero attached hydrogens (tertiary/aromatic N) is 1. The average Bonchev–Trinajstić information content (AvgIpc) is 2.48. The Morgan fingerprint density at radius 2 is 2.13 bits per heavy atom. The standard InChI is InChI=1S/C15H17ClN4O3/c1-10(18-6-3-7-21)13(9-17)14(22)20-15(23)19-12-5-2-4-11(16)8-12/h2,4-5,8,18,21H,3,6-7H2,1H3,(H2,19,20,22,23)/b13-10-. The van der Waals surface area contributed by atoms with E-state index >= 15 is 0 Å². The molecule has 1 aromatic rings. The molecular formula is C15H17ClN4O3. The maximum absolute atomic E-state index is 11.9. The van der Waals surface area contributed by atoms with Crippen molar-refractivity contribution in [1.29, 1.82) is 5.26 Å². The van der Waals surface area contributed by atoms with Gasteiger partial charge in [-0.05, 0) is 31.5 Å². The normalized spacial score (nSPS) is 11.0. The summed E-state index contributed by atoms with van der Waals surface area (Å²) in [7, 11) is 0. The number of aliphatic hydroxyl groups is 1. The van der Waals surface area contributed by atoms with Crippen molar-refractivity contribution in [2.45, 2.75) is 13.3 Å². The second kappa shape index (κ2) is 9.46. The number of amides is 3. The van der Waals surface area contributed by atoms with Crippen molar-refractivity contribution in [3.05, 3.63) is 40.6 Å². The predicted molar refractivity (Wildman–Crippen MR) is 86.6 cm³/mol. The minimum Gasteiger partial charge on any atom is -0.396 e. The van der Waals surface area contributed by atoms with E-state index in [4.69, 9.17) is 22.0 Å². The molecule has 0 saturated heterocycles. The van der Waals surface area contributed by atoms with E-state index < -0.39 is 11.9 Å². The summed E-state index contributed by atoms with van der Waals surface area (Å²) in [5, 5.41) is 25.5. The minimum atomic E-state index is -0.818. The Bertz CT molecular complexity index is 652. The Morgan fingerprint density at radius 1 is 1.39 bits per heavy atom. The highest BCUT2D eigenvalue weighted by atomic mass is 35.5. The highest BCUT2D eigenvalue weighted by molar-refractivity contribution is 6.30. The summed E-state index contributed by atoms with van der Waals surface area (Å²) >= 11 is 5.79. The number of hydrogen-bond donors (Lipinski definition) is 4. The van der Waals surface area contributed by atoms with E-state index in [0.717, 1.165) is 0 Å². The molecule has 0 aromatic heterocycles. The number of carbonyl (C=O) groups excluding carboxylic acids is 2. The highest BCUT2D eigenvalue weighted by Crippen LogP contribution is 2.14. The van der Waals surface area contributed by atoms with Gasteiger partial charge in [0, 0.05) is 29.6 Å². The zero-order chi connectivity index (χ0) is 17.2. The molecule has 0 bridgehead atoms. The molecule has 0 saturated carbocycles. The Balaban J connectivity index is 2.67. The summed E-state index contributed by atoms with van der Waals surface area (Å²) in [5.74, 6) is -0.818. The molecule has 0 aliphatic heterocycles. The van der Waals surface area contributed by atoms with Crippen LogP contribution in [0.3, 0.4) is 0 Å². The lowest BCUT2D eigenvalue weighted by Crippen LogP contribution is -2.36. The maximum atomic E-state index is 11.9. The van der Waals surface area contributed by atoms with Gasteiger partial charge in [0.05, 0.1) is 0 Å². The van der Waals surface area contributed by atoms with Gasteiger partial charge in [-0.1, -0.05) is 17.7 Å². The second-order valence-electron chi connectivity index (χ2n) is 4.53. The van der Waals surface area contributed by atoms with Crippen molar-refractivity contribution in [2.75, 3.05) is 18.5 Å². The van der Waals surface area contributed by atoms with Gasteiger partial charge in [0.15, 0.2) is 0 Å². The maximum Gasteiger partial charge on any atom is 0.326 e. The van der Waals surface area contributed by atoms with Crippen LogP contribution in [0.5, 0.6) is 0 Å². The van der Waals surface area contributed by atoms with Gasteiger partial charge < -0.3 is 15.7 Å². The molecule has 4 N–H and O–H groups in total. The van der Waals surface area contributed by atoms with E-state index in [-0.39, 0.29) is 12.2 Å². The second-order valence-corrected chi connectivity index (χ2v) is 4.97. The Hall–Kier alpha value is -2.56. The minimum absolute atomic E-state index is 0.00357. The fraction of sp³-hybridized carbons (Fsp3) is 0.267. The van der Waals surface area contributed by atoms with Crippen molar-refractivity contribution in [3.63, 3.8) is 0 Å². The molecule has 0 aliphatic carbocycles. The number of imide groups is 1. The lowest BCUT2D eigenvalue weighted by Gasteiger charge is -2.09. The molecule has 3 amide bonds. The molecular weight excluding hydrogens is 320 g/mol. The van der Waals surface area contributed by atoms with Gasteiger partial charge in [-0.2, -0.15) is 5.26 Å². The number of halogens is 1. The van der Waals surface area contributed by atoms with E-state index in [0.29, 0.717) is 29.4 Å². The van der Waals surface area contributed by atoms with E-state index in [1.807, 2.05) is 0 Å². The van der Waals surface area contributed by atoms with Crippen LogP contribution in [0.4, 0.5) is 10.5 Å². The first-order chi connectivity index (χ1) is 11.0. The average molecular weight is 337 g/mol. The summed E-state index contributed by atoms with van der Waals surface area (Å²) in [4.78, 5) is 23.7. The van der Waals surface area contributed by atoms with Crippen molar-refractivity contribution in [2.24, 2.45) is 0 Å². The molecule has 8 heteroatoms. The van der Waals surface area contributed by atoms with Gasteiger partial charge in [-0.15, -0.1) is 0 Å². The van der Waals surface area contributed by atoms with Crippen LogP contribution in [-0.4, -0.2) is 30.2 Å². The van der Waals surface area contributed by atoms with E-state index in [1.165, 1.54) is 6.07 Å². The third kappa shape index (κ3) is 6.38. The molecule has 23 heavy (non-hydrogen) atoms. The first-order valence-corrected chi connectivity index (χ1v) is 7.19. The fourth-order valence-electron chi connectivity index (χ4n) is 1.64. The van der Waals surface area contributed by atoms with Crippen LogP contribution < -0.4 is 16.0 Å². The molecule has 7 nitrogen and oxygen atoms in total. The molecule has 1 rings (SSSR count). The smallest absolute Gasteiger partial charge is 0.326 e. The number of allylic oxidation sites excluding steroid dienone is 1. The van der Waals surface area contributed by atoms with Gasteiger partial charge in [-0.3, -0.25) is 10.1 Å². The van der Waals surface area contributed by atoms with E-state index in [1.54, 1.807) is 31.2 Å². The van der Waals surface area contributed by atoms with Crippen LogP contribution in [0, 0.1) is 11.3 Å². The van der Waals surface area contributed by atoms with Crippen LogP contribution in [0.2, 0.25) is 5.02 Å². The van der Waals surface area contributed by atoms with Crippen LogP contribution in [0.25, 0.3) is 0 Å². The van der Waals surface area contributed by atoms with Crippen LogP contribution in [0.15, 0.2) is 35.5 Å². The molecule has 122 valence electrons. The quantitative estimate of drug-likeness (QED) is 0.359. The van der Waals surface area contributed by atoms with Gasteiger partial charge in [0.25, 0.3) is 5.91 Å². The predicted octanol–water partition coefficient (Wildman–Crippen LogP) is 1.76. The molecule has 0 aliphatic rings. The Morgan fingerprint density at radius 3 is 2.74 bits per heavy atom. The Labute approximate surface area is 138 Å². The number of aliphatic hydroxyl groups excluding tert-OH is 1. The molecule has 0 heterocycles. The Kier molecular flexibility index (Phi) is 7.60. The monoisotopic (exact) mass is 336 g/mol. The third-order valence-electron chi connectivity index (χ3n) is 2.75. The number of anilines is 1. The lowest BCUT2D eigenvalue weighted by atomic mass is 10.2. The zero-order valence-corrected chi connectivity index (χ0v) is 13.3. The van der Waals surface area contributed by atoms with Crippen molar-refractivity contribution < 1.29 is 14.7 Å². The summed E-state index contributed by atoms with van der Waals surface area (Å²) in [5.41, 5.74) is 0.543. The molecule has 0 unspecified atom stereocenters. The van der Waals surface area contributed by atoms with Crippen LogP contribution in [-0.2, 0) is 4.79 Å². The van der Waals surface area contributed by atoms with Gasteiger partial charge >= 0.3 is 6.03 Å². The molecule has 0 spiro atoms. The highest BCUT2D eigenvalue weighted by Gasteiger charge is 2.16. The van der Waals surface area contributed by atoms with Crippen LogP contribution >= 0.6 is 11.6 Å². The molecule has 0 atom stereocenters. The summed E-state index contributed by atoms with van der Waals surface area (Å²) in [6.45, 7) is 1.95. The summed E-state index contributed by atoms with van der Waals surface area (Å²) < 4.78 is 0. The lowest BCUT2D eigenvalue weighted by molar-refractivity contribution is -0.116. The largest absolute Gasteiger partial charge is 0.396 e. The first kappa shape index (κ1) is 18.5. The van der Waals surface area contributed by atoms with Gasteiger partial charge in [0.1, 0.15) is 11.6 Å².